The second-order valence-corrected chi connectivity index (χ2v) is 5.52. The van der Waals surface area contributed by atoms with Gasteiger partial charge in [-0.25, -0.2) is 9.37 Å². The number of aromatic nitrogens is 1. The number of nitrogens with zero attached hydrogens (tertiary/aromatic N) is 1. The molecule has 0 aliphatic rings. The molecule has 0 unspecified atom stereocenters. The molecule has 26 heavy (non-hydrogen) atoms. The summed E-state index contributed by atoms with van der Waals surface area (Å²) in [6.07, 6.45) is 4.47. The molecule has 4 aromatic rings. The van der Waals surface area contributed by atoms with Gasteiger partial charge in [-0.05, 0) is 48.5 Å². The Kier molecular flexibility index (Phi) is 4.07. The van der Waals surface area contributed by atoms with E-state index in [2.05, 4.69) is 10.3 Å². The number of hydrogen-bond acceptors (Lipinski definition) is 4. The second kappa shape index (κ2) is 6.68. The lowest BCUT2D eigenvalue weighted by Gasteiger charge is -2.00. The lowest BCUT2D eigenvalue weighted by molar-refractivity contribution is -0.111. The van der Waals surface area contributed by atoms with Gasteiger partial charge in [0.25, 0.3) is 0 Å². The first kappa shape index (κ1) is 15.8. The molecule has 0 spiro atoms. The van der Waals surface area contributed by atoms with E-state index in [0.29, 0.717) is 22.5 Å². The van der Waals surface area contributed by atoms with Crippen LogP contribution in [0.3, 0.4) is 0 Å². The Morgan fingerprint density at radius 2 is 2.00 bits per heavy atom. The van der Waals surface area contributed by atoms with E-state index in [-0.39, 0.29) is 17.4 Å². The molecule has 0 aliphatic heterocycles. The maximum Gasteiger partial charge on any atom is 0.248 e. The van der Waals surface area contributed by atoms with Gasteiger partial charge in [0.2, 0.25) is 11.8 Å². The number of carbonyl (C=O) groups excluding carboxylic acids is 1. The third-order valence-electron chi connectivity index (χ3n) is 3.70. The Bertz CT molecular complexity index is 1100. The topological polar surface area (TPSA) is 68.3 Å². The van der Waals surface area contributed by atoms with Gasteiger partial charge in [-0.3, -0.25) is 4.79 Å². The van der Waals surface area contributed by atoms with Crippen LogP contribution in [-0.2, 0) is 4.79 Å². The standard InChI is InChI=1S/C20H13FN2O3/c21-16-6-2-1-5-15(16)20-23-17-12-13(7-9-18(17)26-20)22-19(24)10-8-14-4-3-11-25-14/h1-12H,(H,22,24)/b10-8+. The van der Waals surface area contributed by atoms with Gasteiger partial charge >= 0.3 is 0 Å². The van der Waals surface area contributed by atoms with E-state index in [4.69, 9.17) is 8.83 Å². The van der Waals surface area contributed by atoms with Crippen LogP contribution in [0.2, 0.25) is 0 Å². The normalized spacial score (nSPS) is 11.3. The van der Waals surface area contributed by atoms with Crippen molar-refractivity contribution in [1.82, 2.24) is 4.98 Å². The monoisotopic (exact) mass is 348 g/mol. The lowest BCUT2D eigenvalue weighted by atomic mass is 10.2. The highest BCUT2D eigenvalue weighted by atomic mass is 19.1. The summed E-state index contributed by atoms with van der Waals surface area (Å²) >= 11 is 0. The molecule has 5 nitrogen and oxygen atoms in total. The number of oxazole rings is 1. The summed E-state index contributed by atoms with van der Waals surface area (Å²) in [5.74, 6) is 0.0649. The number of benzene rings is 2. The van der Waals surface area contributed by atoms with E-state index in [1.165, 1.54) is 18.4 Å². The minimum Gasteiger partial charge on any atom is -0.465 e. The molecule has 2 aromatic heterocycles. The minimum absolute atomic E-state index is 0.194. The first-order chi connectivity index (χ1) is 12.7. The fraction of sp³-hybridized carbons (Fsp3) is 0. The van der Waals surface area contributed by atoms with Gasteiger partial charge in [-0.1, -0.05) is 12.1 Å². The summed E-state index contributed by atoms with van der Waals surface area (Å²) in [6, 6.07) is 14.8. The fourth-order valence-electron chi connectivity index (χ4n) is 2.48. The Morgan fingerprint density at radius 1 is 1.12 bits per heavy atom. The molecule has 1 amide bonds. The van der Waals surface area contributed by atoms with Crippen molar-refractivity contribution < 1.29 is 18.0 Å². The zero-order valence-electron chi connectivity index (χ0n) is 13.5. The molecule has 0 bridgehead atoms. The molecule has 4 rings (SSSR count). The zero-order chi connectivity index (χ0) is 17.9. The van der Waals surface area contributed by atoms with Crippen molar-refractivity contribution >= 4 is 28.8 Å². The Morgan fingerprint density at radius 3 is 2.81 bits per heavy atom. The van der Waals surface area contributed by atoms with Gasteiger partial charge in [0, 0.05) is 11.8 Å². The molecular weight excluding hydrogens is 335 g/mol. The van der Waals surface area contributed by atoms with Crippen LogP contribution >= 0.6 is 0 Å². The quantitative estimate of drug-likeness (QED) is 0.534. The number of amides is 1. The number of carbonyl (C=O) groups is 1. The highest BCUT2D eigenvalue weighted by molar-refractivity contribution is 6.02. The van der Waals surface area contributed by atoms with E-state index in [0.717, 1.165) is 0 Å². The van der Waals surface area contributed by atoms with Gasteiger partial charge in [-0.2, -0.15) is 0 Å². The van der Waals surface area contributed by atoms with Gasteiger partial charge in [0.15, 0.2) is 5.58 Å². The van der Waals surface area contributed by atoms with Crippen LogP contribution in [-0.4, -0.2) is 10.9 Å². The van der Waals surface area contributed by atoms with Gasteiger partial charge in [0.05, 0.1) is 11.8 Å². The van der Waals surface area contributed by atoms with Crippen molar-refractivity contribution in [2.75, 3.05) is 5.32 Å². The highest BCUT2D eigenvalue weighted by Gasteiger charge is 2.12. The molecule has 0 saturated carbocycles. The summed E-state index contributed by atoms with van der Waals surface area (Å²) in [5, 5.41) is 2.73. The summed E-state index contributed by atoms with van der Waals surface area (Å²) in [7, 11) is 0. The zero-order valence-corrected chi connectivity index (χ0v) is 13.5. The number of anilines is 1. The van der Waals surface area contributed by atoms with Crippen molar-refractivity contribution in [2.24, 2.45) is 0 Å². The fourth-order valence-corrected chi connectivity index (χ4v) is 2.48. The van der Waals surface area contributed by atoms with Crippen LogP contribution in [0.1, 0.15) is 5.76 Å². The lowest BCUT2D eigenvalue weighted by Crippen LogP contribution is -2.07. The average molecular weight is 348 g/mol. The van der Waals surface area contributed by atoms with Crippen molar-refractivity contribution in [2.45, 2.75) is 0 Å². The maximum absolute atomic E-state index is 13.9. The van der Waals surface area contributed by atoms with E-state index in [9.17, 15) is 9.18 Å². The average Bonchev–Trinajstić information content (AvgIpc) is 3.29. The highest BCUT2D eigenvalue weighted by Crippen LogP contribution is 2.27. The SMILES string of the molecule is O=C(/C=C/c1ccco1)Nc1ccc2oc(-c3ccccc3F)nc2c1. The largest absolute Gasteiger partial charge is 0.465 e. The molecule has 6 heteroatoms. The van der Waals surface area contributed by atoms with Crippen molar-refractivity contribution in [3.05, 3.63) is 78.5 Å². The summed E-state index contributed by atoms with van der Waals surface area (Å²) in [6.45, 7) is 0. The van der Waals surface area contributed by atoms with E-state index >= 15 is 0 Å². The van der Waals surface area contributed by atoms with Crippen LogP contribution in [0.15, 0.2) is 75.8 Å². The molecular formula is C20H13FN2O3. The van der Waals surface area contributed by atoms with Crippen molar-refractivity contribution in [3.8, 4) is 11.5 Å². The number of nitrogens with one attached hydrogen (secondary N) is 1. The van der Waals surface area contributed by atoms with Crippen LogP contribution in [0.25, 0.3) is 28.6 Å². The van der Waals surface area contributed by atoms with Gasteiger partial charge in [-0.15, -0.1) is 0 Å². The minimum atomic E-state index is -0.407. The number of halogens is 1. The number of fused-ring (bicyclic) bond motifs is 1. The molecule has 2 aromatic carbocycles. The van der Waals surface area contributed by atoms with E-state index in [1.807, 2.05) is 0 Å². The third kappa shape index (κ3) is 3.25. The molecule has 0 atom stereocenters. The predicted octanol–water partition coefficient (Wildman–Crippen LogP) is 4.88. The molecule has 1 N–H and O–H groups in total. The van der Waals surface area contributed by atoms with Crippen LogP contribution in [0.5, 0.6) is 0 Å². The summed E-state index contributed by atoms with van der Waals surface area (Å²) in [4.78, 5) is 16.3. The third-order valence-corrected chi connectivity index (χ3v) is 3.70. The maximum atomic E-state index is 13.9. The predicted molar refractivity (Wildman–Crippen MR) is 95.8 cm³/mol. The van der Waals surface area contributed by atoms with Gasteiger partial charge in [0.1, 0.15) is 17.1 Å². The molecule has 0 fully saturated rings. The first-order valence-corrected chi connectivity index (χ1v) is 7.87. The second-order valence-electron chi connectivity index (χ2n) is 5.52. The van der Waals surface area contributed by atoms with Crippen molar-refractivity contribution in [1.29, 1.82) is 0 Å². The Hall–Kier alpha value is -3.67. The molecule has 0 aliphatic carbocycles. The van der Waals surface area contributed by atoms with Crippen molar-refractivity contribution in [3.63, 3.8) is 0 Å². The molecule has 2 heterocycles. The van der Waals surface area contributed by atoms with E-state index in [1.54, 1.807) is 54.6 Å². The van der Waals surface area contributed by atoms with Gasteiger partial charge < -0.3 is 14.2 Å². The Labute approximate surface area is 147 Å². The first-order valence-electron chi connectivity index (χ1n) is 7.87. The summed E-state index contributed by atoms with van der Waals surface area (Å²) < 4.78 is 24.6. The number of furan rings is 1. The molecule has 0 saturated heterocycles. The van der Waals surface area contributed by atoms with E-state index < -0.39 is 5.82 Å². The summed E-state index contributed by atoms with van der Waals surface area (Å²) in [5.41, 5.74) is 1.87. The molecule has 128 valence electrons. The Balaban J connectivity index is 1.56. The molecule has 0 radical (unpaired) electrons. The number of rotatable bonds is 4. The smallest absolute Gasteiger partial charge is 0.248 e. The van der Waals surface area contributed by atoms with Crippen LogP contribution in [0.4, 0.5) is 10.1 Å². The van der Waals surface area contributed by atoms with Crippen LogP contribution in [0, 0.1) is 5.82 Å². The number of hydrogen-bond donors (Lipinski definition) is 1. The van der Waals surface area contributed by atoms with Crippen LogP contribution < -0.4 is 5.32 Å².